The molecule has 0 aliphatic heterocycles. The number of nitriles is 1. The smallest absolute Gasteiger partial charge is 0.141 e. The Kier molecular flexibility index (Phi) is 4.77. The number of ether oxygens (including phenoxy) is 1. The largest absolute Gasteiger partial charge is 0.484 e. The first-order valence-electron chi connectivity index (χ1n) is 9.12. The Morgan fingerprint density at radius 3 is 3.00 bits per heavy atom. The van der Waals surface area contributed by atoms with Crippen molar-refractivity contribution in [2.45, 2.75) is 25.4 Å². The number of anilines is 2. The number of rotatable bonds is 5. The lowest BCUT2D eigenvalue weighted by Crippen LogP contribution is -2.17. The molecule has 28 heavy (non-hydrogen) atoms. The van der Waals surface area contributed by atoms with E-state index in [2.05, 4.69) is 21.5 Å². The lowest BCUT2D eigenvalue weighted by molar-refractivity contribution is 0.178. The summed E-state index contributed by atoms with van der Waals surface area (Å²) in [6.45, 7) is 0. The van der Waals surface area contributed by atoms with Gasteiger partial charge in [-0.1, -0.05) is 0 Å². The quantitative estimate of drug-likeness (QED) is 0.662. The average Bonchev–Trinajstić information content (AvgIpc) is 3.12. The first-order valence-corrected chi connectivity index (χ1v) is 9.12. The van der Waals surface area contributed by atoms with Crippen molar-refractivity contribution in [3.8, 4) is 11.8 Å². The van der Waals surface area contributed by atoms with Gasteiger partial charge in [0.25, 0.3) is 0 Å². The molecule has 0 fully saturated rings. The molecule has 7 heteroatoms. The topological polar surface area (TPSA) is 99.6 Å². The van der Waals surface area contributed by atoms with E-state index in [9.17, 15) is 0 Å². The van der Waals surface area contributed by atoms with E-state index in [4.69, 9.17) is 15.4 Å². The fraction of sp³-hybridized carbons (Fsp3) is 0.238. The van der Waals surface area contributed by atoms with Crippen molar-refractivity contribution in [2.75, 3.05) is 5.32 Å². The second-order valence-electron chi connectivity index (χ2n) is 6.80. The third-order valence-corrected chi connectivity index (χ3v) is 4.79. The van der Waals surface area contributed by atoms with Gasteiger partial charge >= 0.3 is 0 Å². The number of aromatic nitrogens is 3. The molecular weight excluding hydrogens is 352 g/mol. The van der Waals surface area contributed by atoms with Crippen molar-refractivity contribution in [3.63, 3.8) is 0 Å². The Hall–Kier alpha value is -3.66. The first kappa shape index (κ1) is 17.7. The molecule has 0 amide bonds. The second-order valence-corrected chi connectivity index (χ2v) is 6.80. The highest BCUT2D eigenvalue weighted by atomic mass is 16.5. The Morgan fingerprint density at radius 2 is 2.25 bits per heavy atom. The Labute approximate surface area is 163 Å². The minimum absolute atomic E-state index is 0.145. The van der Waals surface area contributed by atoms with Crippen LogP contribution < -0.4 is 10.1 Å². The summed E-state index contributed by atoms with van der Waals surface area (Å²) in [5.41, 5.74) is 4.96. The van der Waals surface area contributed by atoms with Crippen LogP contribution >= 0.6 is 0 Å². The monoisotopic (exact) mass is 372 g/mol. The number of fused-ring (bicyclic) bond motifs is 1. The van der Waals surface area contributed by atoms with Crippen molar-refractivity contribution in [2.24, 2.45) is 7.05 Å². The normalized spacial score (nSPS) is 15.4. The predicted molar refractivity (Wildman–Crippen MR) is 106 cm³/mol. The number of hydrogen-bond donors (Lipinski definition) is 2. The molecule has 1 aliphatic carbocycles. The van der Waals surface area contributed by atoms with Gasteiger partial charge in [0.05, 0.1) is 28.8 Å². The molecule has 1 atom stereocenters. The summed E-state index contributed by atoms with van der Waals surface area (Å²) in [5, 5.41) is 24.2. The van der Waals surface area contributed by atoms with Crippen LogP contribution in [0.3, 0.4) is 0 Å². The zero-order chi connectivity index (χ0) is 19.5. The molecule has 0 saturated heterocycles. The first-order chi connectivity index (χ1) is 13.7. The van der Waals surface area contributed by atoms with E-state index in [-0.39, 0.29) is 6.10 Å². The summed E-state index contributed by atoms with van der Waals surface area (Å²) >= 11 is 0. The Morgan fingerprint density at radius 1 is 1.36 bits per heavy atom. The fourth-order valence-corrected chi connectivity index (χ4v) is 3.45. The number of aryl methyl sites for hydroxylation is 2. The van der Waals surface area contributed by atoms with Gasteiger partial charge in [-0.15, -0.1) is 0 Å². The van der Waals surface area contributed by atoms with Crippen LogP contribution in [0.5, 0.6) is 5.75 Å². The van der Waals surface area contributed by atoms with Gasteiger partial charge in [0.15, 0.2) is 0 Å². The summed E-state index contributed by atoms with van der Waals surface area (Å²) in [5.74, 6) is 0.709. The number of benzene rings is 1. The van der Waals surface area contributed by atoms with E-state index in [1.54, 1.807) is 17.1 Å². The van der Waals surface area contributed by atoms with Gasteiger partial charge in [0.1, 0.15) is 17.9 Å². The zero-order valence-electron chi connectivity index (χ0n) is 15.5. The van der Waals surface area contributed by atoms with E-state index in [1.807, 2.05) is 37.5 Å². The van der Waals surface area contributed by atoms with Crippen LogP contribution in [0, 0.1) is 16.7 Å². The van der Waals surface area contributed by atoms with E-state index in [0.29, 0.717) is 11.3 Å². The van der Waals surface area contributed by atoms with Gasteiger partial charge in [-0.3, -0.25) is 9.67 Å². The maximum absolute atomic E-state index is 9.09. The van der Waals surface area contributed by atoms with Crippen molar-refractivity contribution in [1.82, 2.24) is 14.8 Å². The molecule has 4 rings (SSSR count). The Bertz CT molecular complexity index is 1060. The number of hydrogen-bond acceptors (Lipinski definition) is 6. The van der Waals surface area contributed by atoms with Crippen LogP contribution in [-0.2, 0) is 13.5 Å². The van der Waals surface area contributed by atoms with Crippen LogP contribution in [0.2, 0.25) is 0 Å². The van der Waals surface area contributed by atoms with Crippen LogP contribution in [0.15, 0.2) is 42.9 Å². The van der Waals surface area contributed by atoms with Gasteiger partial charge < -0.3 is 15.5 Å². The van der Waals surface area contributed by atoms with Gasteiger partial charge in [-0.2, -0.15) is 10.4 Å². The van der Waals surface area contributed by atoms with E-state index < -0.39 is 0 Å². The van der Waals surface area contributed by atoms with E-state index in [1.165, 1.54) is 6.21 Å². The predicted octanol–water partition coefficient (Wildman–Crippen LogP) is 3.88. The van der Waals surface area contributed by atoms with Gasteiger partial charge in [0.2, 0.25) is 0 Å². The molecule has 0 spiro atoms. The fourth-order valence-electron chi connectivity index (χ4n) is 3.45. The molecule has 7 nitrogen and oxygen atoms in total. The highest BCUT2D eigenvalue weighted by molar-refractivity contribution is 5.87. The number of nitrogens with one attached hydrogen (secondary N) is 2. The summed E-state index contributed by atoms with van der Waals surface area (Å²) in [7, 11) is 1.85. The molecule has 2 heterocycles. The van der Waals surface area contributed by atoms with Crippen molar-refractivity contribution in [3.05, 3.63) is 65.2 Å². The summed E-state index contributed by atoms with van der Waals surface area (Å²) in [6, 6.07) is 9.68. The number of pyridine rings is 1. The minimum atomic E-state index is -0.145. The van der Waals surface area contributed by atoms with Gasteiger partial charge in [-0.25, -0.2) is 0 Å². The molecule has 3 aromatic rings. The van der Waals surface area contributed by atoms with Crippen molar-refractivity contribution >= 4 is 17.6 Å². The molecule has 1 unspecified atom stereocenters. The summed E-state index contributed by atoms with van der Waals surface area (Å²) < 4.78 is 7.97. The van der Waals surface area contributed by atoms with Crippen LogP contribution in [-0.4, -0.2) is 21.0 Å². The van der Waals surface area contributed by atoms with E-state index >= 15 is 0 Å². The molecule has 0 radical (unpaired) electrons. The van der Waals surface area contributed by atoms with Gasteiger partial charge in [-0.05, 0) is 43.0 Å². The van der Waals surface area contributed by atoms with Gasteiger partial charge in [0, 0.05) is 37.3 Å². The molecule has 1 aromatic carbocycles. The standard InChI is InChI=1S/C21H20N6O/c1-27-13-17(12-25-27)26-19-8-18(6-5-16(19)10-23)28-20-4-2-3-15-7-14(9-22)11-24-21(15)20/h5-8,10-13,20,23,26H,2-4H2,1H3. The Balaban J connectivity index is 1.60. The molecule has 0 saturated carbocycles. The van der Waals surface area contributed by atoms with Crippen LogP contribution in [0.4, 0.5) is 11.4 Å². The maximum Gasteiger partial charge on any atom is 0.141 e. The maximum atomic E-state index is 9.09. The van der Waals surface area contributed by atoms with Crippen LogP contribution in [0.25, 0.3) is 0 Å². The minimum Gasteiger partial charge on any atom is -0.484 e. The molecular formula is C21H20N6O. The third-order valence-electron chi connectivity index (χ3n) is 4.79. The highest BCUT2D eigenvalue weighted by Gasteiger charge is 2.24. The number of nitrogens with zero attached hydrogens (tertiary/aromatic N) is 4. The molecule has 2 aromatic heterocycles. The lowest BCUT2D eigenvalue weighted by Gasteiger charge is -2.25. The lowest BCUT2D eigenvalue weighted by atomic mass is 9.93. The molecule has 140 valence electrons. The van der Waals surface area contributed by atoms with Crippen LogP contribution in [0.1, 0.15) is 41.3 Å². The van der Waals surface area contributed by atoms with Crippen molar-refractivity contribution < 1.29 is 4.74 Å². The summed E-state index contributed by atoms with van der Waals surface area (Å²) in [6.07, 6.45) is 9.16. The van der Waals surface area contributed by atoms with E-state index in [0.717, 1.165) is 47.5 Å². The molecule has 1 aliphatic rings. The highest BCUT2D eigenvalue weighted by Crippen LogP contribution is 2.34. The average molecular weight is 372 g/mol. The second kappa shape index (κ2) is 7.53. The SMILES string of the molecule is Cn1cc(Nc2cc(OC3CCCc4cc(C#N)cnc43)ccc2C=N)cn1. The molecule has 0 bridgehead atoms. The zero-order valence-corrected chi connectivity index (χ0v) is 15.5. The molecule has 2 N–H and O–H groups in total. The van der Waals surface area contributed by atoms with Crippen molar-refractivity contribution in [1.29, 1.82) is 10.7 Å². The third kappa shape index (κ3) is 3.58. The summed E-state index contributed by atoms with van der Waals surface area (Å²) in [4.78, 5) is 4.48.